The number of hydrogen-bond acceptors (Lipinski definition) is 6. The van der Waals surface area contributed by atoms with E-state index in [1.165, 1.54) is 17.0 Å². The highest BCUT2D eigenvalue weighted by Gasteiger charge is 2.39. The molecule has 0 aromatic heterocycles. The third-order valence-electron chi connectivity index (χ3n) is 6.27. The lowest BCUT2D eigenvalue weighted by molar-refractivity contribution is -0.143. The second-order valence-corrected chi connectivity index (χ2v) is 12.1. The SMILES string of the molecule is Cc1cccc(Cl)c1NC(=O)C(c1ccc(O)cc1)N(C(=O)C(CS)NC(=O)OC(C)(C)C)C(C)CCC(C)C. The van der Waals surface area contributed by atoms with Gasteiger partial charge in [0.25, 0.3) is 5.91 Å². The van der Waals surface area contributed by atoms with Crippen LogP contribution >= 0.6 is 24.2 Å². The van der Waals surface area contributed by atoms with Crippen LogP contribution in [0.15, 0.2) is 42.5 Å². The van der Waals surface area contributed by atoms with Crippen molar-refractivity contribution < 1.29 is 24.2 Å². The number of thiol groups is 1. The number of nitrogens with one attached hydrogen (secondary N) is 2. The topological polar surface area (TPSA) is 108 Å². The van der Waals surface area contributed by atoms with Crippen molar-refractivity contribution in [3.63, 3.8) is 0 Å². The lowest BCUT2D eigenvalue weighted by atomic mass is 9.97. The summed E-state index contributed by atoms with van der Waals surface area (Å²) in [5.41, 5.74) is 0.924. The molecule has 3 amide bonds. The van der Waals surface area contributed by atoms with Gasteiger partial charge in [0.15, 0.2) is 0 Å². The highest BCUT2D eigenvalue weighted by molar-refractivity contribution is 7.80. The van der Waals surface area contributed by atoms with Crippen LogP contribution in [0.4, 0.5) is 10.5 Å². The summed E-state index contributed by atoms with van der Waals surface area (Å²) >= 11 is 10.8. The van der Waals surface area contributed by atoms with Crippen molar-refractivity contribution in [1.82, 2.24) is 10.2 Å². The summed E-state index contributed by atoms with van der Waals surface area (Å²) in [6, 6.07) is 8.87. The molecule has 2 aromatic rings. The number of para-hydroxylation sites is 1. The number of alkyl carbamates (subject to hydrolysis) is 1. The summed E-state index contributed by atoms with van der Waals surface area (Å²) < 4.78 is 5.37. The summed E-state index contributed by atoms with van der Waals surface area (Å²) in [5, 5.41) is 15.8. The number of nitrogens with zero attached hydrogens (tertiary/aromatic N) is 1. The molecule has 0 bridgehead atoms. The molecule has 0 spiro atoms. The molecule has 0 saturated heterocycles. The van der Waals surface area contributed by atoms with E-state index >= 15 is 0 Å². The van der Waals surface area contributed by atoms with Gasteiger partial charge in [0, 0.05) is 11.8 Å². The lowest BCUT2D eigenvalue weighted by Gasteiger charge is -2.38. The second-order valence-electron chi connectivity index (χ2n) is 11.4. The summed E-state index contributed by atoms with van der Waals surface area (Å²) in [6.07, 6.45) is 0.665. The van der Waals surface area contributed by atoms with Crippen LogP contribution in [0, 0.1) is 12.8 Å². The Kier molecular flexibility index (Phi) is 12.2. The number of ether oxygens (including phenoxy) is 1. The number of phenolic OH excluding ortho intramolecular Hbond substituents is 1. The van der Waals surface area contributed by atoms with Gasteiger partial charge >= 0.3 is 6.09 Å². The second kappa shape index (κ2) is 14.6. The molecule has 0 fully saturated rings. The van der Waals surface area contributed by atoms with E-state index in [0.29, 0.717) is 28.6 Å². The van der Waals surface area contributed by atoms with E-state index < -0.39 is 41.6 Å². The number of amides is 3. The highest BCUT2D eigenvalue weighted by Crippen LogP contribution is 2.32. The van der Waals surface area contributed by atoms with Crippen LogP contribution in [0.3, 0.4) is 0 Å². The normalized spacial score (nSPS) is 13.8. The number of phenols is 1. The Labute approximate surface area is 248 Å². The predicted molar refractivity (Wildman–Crippen MR) is 163 cm³/mol. The quantitative estimate of drug-likeness (QED) is 0.223. The van der Waals surface area contributed by atoms with Crippen molar-refractivity contribution >= 4 is 47.8 Å². The number of rotatable bonds is 11. The van der Waals surface area contributed by atoms with Crippen LogP contribution in [0.1, 0.15) is 71.6 Å². The van der Waals surface area contributed by atoms with Gasteiger partial charge in [-0.05, 0) is 82.7 Å². The predicted octanol–water partition coefficient (Wildman–Crippen LogP) is 6.51. The number of aryl methyl sites for hydroxylation is 1. The first-order valence-electron chi connectivity index (χ1n) is 13.4. The number of aromatic hydroxyl groups is 1. The van der Waals surface area contributed by atoms with Gasteiger partial charge in [-0.3, -0.25) is 9.59 Å². The maximum absolute atomic E-state index is 14.2. The van der Waals surface area contributed by atoms with Crippen LogP contribution in [0.5, 0.6) is 5.75 Å². The van der Waals surface area contributed by atoms with Crippen LogP contribution < -0.4 is 10.6 Å². The Morgan fingerprint density at radius 1 is 1.05 bits per heavy atom. The molecule has 40 heavy (non-hydrogen) atoms. The fourth-order valence-electron chi connectivity index (χ4n) is 4.20. The summed E-state index contributed by atoms with van der Waals surface area (Å²) in [6.45, 7) is 13.1. The van der Waals surface area contributed by atoms with Gasteiger partial charge in [0.2, 0.25) is 5.91 Å². The molecule has 0 aliphatic carbocycles. The van der Waals surface area contributed by atoms with Gasteiger partial charge < -0.3 is 25.4 Å². The van der Waals surface area contributed by atoms with Crippen LogP contribution in [-0.4, -0.2) is 51.4 Å². The van der Waals surface area contributed by atoms with E-state index in [4.69, 9.17) is 16.3 Å². The maximum Gasteiger partial charge on any atom is 0.408 e. The Bertz CT molecular complexity index is 1150. The smallest absolute Gasteiger partial charge is 0.408 e. The summed E-state index contributed by atoms with van der Waals surface area (Å²) in [4.78, 5) is 42.3. The van der Waals surface area contributed by atoms with Crippen molar-refractivity contribution in [3.05, 3.63) is 58.6 Å². The Morgan fingerprint density at radius 3 is 2.20 bits per heavy atom. The Hall–Kier alpha value is -2.91. The molecule has 0 heterocycles. The van der Waals surface area contributed by atoms with Crippen molar-refractivity contribution in [3.8, 4) is 5.75 Å². The maximum atomic E-state index is 14.2. The Morgan fingerprint density at radius 2 is 1.68 bits per heavy atom. The van der Waals surface area contributed by atoms with Gasteiger partial charge in [-0.2, -0.15) is 12.6 Å². The van der Waals surface area contributed by atoms with Gasteiger partial charge in [-0.1, -0.05) is 49.7 Å². The number of benzene rings is 2. The van der Waals surface area contributed by atoms with Crippen LogP contribution in [-0.2, 0) is 14.3 Å². The molecule has 3 N–H and O–H groups in total. The van der Waals surface area contributed by atoms with E-state index in [9.17, 15) is 19.5 Å². The zero-order valence-corrected chi connectivity index (χ0v) is 26.0. The van der Waals surface area contributed by atoms with E-state index in [2.05, 4.69) is 37.1 Å². The van der Waals surface area contributed by atoms with Crippen molar-refractivity contribution in [2.45, 2.75) is 85.0 Å². The molecule has 0 saturated carbocycles. The van der Waals surface area contributed by atoms with Crippen molar-refractivity contribution in [2.75, 3.05) is 11.1 Å². The van der Waals surface area contributed by atoms with E-state index in [1.54, 1.807) is 45.0 Å². The molecule has 0 aliphatic heterocycles. The number of carbonyl (C=O) groups excluding carboxylic acids is 3. The first-order chi connectivity index (χ1) is 18.6. The summed E-state index contributed by atoms with van der Waals surface area (Å²) in [5.74, 6) is -0.593. The largest absolute Gasteiger partial charge is 0.508 e. The fourth-order valence-corrected chi connectivity index (χ4v) is 4.72. The average molecular weight is 592 g/mol. The first kappa shape index (κ1) is 33.3. The standard InChI is InChI=1S/C30H42ClN3O5S/c1-18(2)11-12-20(4)34(28(37)24(17-40)32-29(38)39-30(5,6)7)26(21-13-15-22(35)16-14-21)27(36)33-25-19(3)9-8-10-23(25)31/h8-10,13-16,18,20,24,26,35,40H,11-12,17H2,1-7H3,(H,32,38)(H,33,36). The summed E-state index contributed by atoms with van der Waals surface area (Å²) in [7, 11) is 0. The number of hydrogen-bond donors (Lipinski definition) is 4. The van der Waals surface area contributed by atoms with Gasteiger partial charge in [0.1, 0.15) is 23.4 Å². The van der Waals surface area contributed by atoms with Crippen molar-refractivity contribution in [1.29, 1.82) is 0 Å². The van der Waals surface area contributed by atoms with Gasteiger partial charge in [-0.15, -0.1) is 0 Å². The van der Waals surface area contributed by atoms with Crippen LogP contribution in [0.2, 0.25) is 5.02 Å². The third kappa shape index (κ3) is 9.63. The molecule has 2 aromatic carbocycles. The monoisotopic (exact) mass is 591 g/mol. The molecule has 0 radical (unpaired) electrons. The molecule has 2 rings (SSSR count). The number of carbonyl (C=O) groups is 3. The van der Waals surface area contributed by atoms with Crippen molar-refractivity contribution in [2.24, 2.45) is 5.92 Å². The molecular formula is C30H42ClN3O5S. The average Bonchev–Trinajstić information content (AvgIpc) is 2.85. The van der Waals surface area contributed by atoms with E-state index in [-0.39, 0.29) is 11.5 Å². The lowest BCUT2D eigenvalue weighted by Crippen LogP contribution is -2.55. The first-order valence-corrected chi connectivity index (χ1v) is 14.4. The molecule has 8 nitrogen and oxygen atoms in total. The molecule has 0 aliphatic rings. The molecule has 220 valence electrons. The minimum Gasteiger partial charge on any atom is -0.508 e. The molecule has 10 heteroatoms. The molecule has 3 unspecified atom stereocenters. The van der Waals surface area contributed by atoms with Gasteiger partial charge in [-0.25, -0.2) is 4.79 Å². The van der Waals surface area contributed by atoms with Gasteiger partial charge in [0.05, 0.1) is 10.7 Å². The number of halogens is 1. The zero-order valence-electron chi connectivity index (χ0n) is 24.3. The molecule has 3 atom stereocenters. The van der Waals surface area contributed by atoms with Crippen LogP contribution in [0.25, 0.3) is 0 Å². The number of anilines is 1. The fraction of sp³-hybridized carbons (Fsp3) is 0.500. The minimum atomic E-state index is -1.10. The highest BCUT2D eigenvalue weighted by atomic mass is 35.5. The Balaban J connectivity index is 2.60. The minimum absolute atomic E-state index is 0.0149. The third-order valence-corrected chi connectivity index (χ3v) is 6.95. The molecular weight excluding hydrogens is 550 g/mol. The van der Waals surface area contributed by atoms with E-state index in [1.807, 2.05) is 19.9 Å². The zero-order chi connectivity index (χ0) is 30.2. The van der Waals surface area contributed by atoms with E-state index in [0.717, 1.165) is 12.0 Å².